The van der Waals surface area contributed by atoms with Crippen molar-refractivity contribution in [3.05, 3.63) is 30.3 Å². The maximum atomic E-state index is 10.3. The zero-order valence-corrected chi connectivity index (χ0v) is 7.54. The molecular weight excluding hydrogens is 260 g/mol. The van der Waals surface area contributed by atoms with Gasteiger partial charge in [0.15, 0.2) is 0 Å². The van der Waals surface area contributed by atoms with E-state index >= 15 is 0 Å². The molecule has 3 nitrogen and oxygen atoms in total. The van der Waals surface area contributed by atoms with Gasteiger partial charge in [-0.3, -0.25) is 0 Å². The van der Waals surface area contributed by atoms with Crippen molar-refractivity contribution in [2.75, 3.05) is 0 Å². The molecule has 0 bridgehead atoms. The molecule has 0 atom stereocenters. The second-order valence-corrected chi connectivity index (χ2v) is 3.07. The van der Waals surface area contributed by atoms with Gasteiger partial charge >= 0.3 is 22.4 Å². The van der Waals surface area contributed by atoms with Gasteiger partial charge in [-0.25, -0.2) is 8.42 Å². The normalized spacial score (nSPS) is 10.3. The first-order chi connectivity index (χ1) is 4.61. The van der Waals surface area contributed by atoms with Crippen LogP contribution in [0.15, 0.2) is 29.2 Å². The van der Waals surface area contributed by atoms with Crippen molar-refractivity contribution in [1.82, 2.24) is 0 Å². The summed E-state index contributed by atoms with van der Waals surface area (Å²) in [7, 11) is -4.27. The van der Waals surface area contributed by atoms with Crippen molar-refractivity contribution < 1.29 is 35.4 Å². The molecule has 5 heteroatoms. The molecule has 0 N–H and O–H groups in total. The van der Waals surface area contributed by atoms with Crippen LogP contribution in [0.3, 0.4) is 0 Å². The third-order valence-corrected chi connectivity index (χ3v) is 1.83. The molecule has 0 spiro atoms. The van der Waals surface area contributed by atoms with Crippen LogP contribution < -0.4 is 0 Å². The molecule has 1 rings (SSSR count). The molecule has 0 aromatic heterocycles. The van der Waals surface area contributed by atoms with E-state index in [4.69, 9.17) is 0 Å². The molecule has 1 aromatic rings. The average molecular weight is 264 g/mol. The van der Waals surface area contributed by atoms with Gasteiger partial charge in [0.25, 0.3) is 0 Å². The molecule has 64 valence electrons. The largest absolute Gasteiger partial charge is 1.00 e. The topological polar surface area (TPSA) is 57.2 Å². The van der Waals surface area contributed by atoms with Crippen molar-refractivity contribution in [3.8, 4) is 0 Å². The second kappa shape index (κ2) is 4.04. The van der Waals surface area contributed by atoms with Crippen molar-refractivity contribution >= 4 is 10.1 Å². The van der Waals surface area contributed by atoms with Crippen molar-refractivity contribution in [3.63, 3.8) is 0 Å². The Kier molecular flexibility index (Phi) is 3.99. The first kappa shape index (κ1) is 10.9. The summed E-state index contributed by atoms with van der Waals surface area (Å²) in [6.07, 6.45) is 0. The monoisotopic (exact) mass is 263 g/mol. The van der Waals surface area contributed by atoms with E-state index in [2.05, 4.69) is 6.07 Å². The van der Waals surface area contributed by atoms with E-state index in [9.17, 15) is 13.0 Å². The van der Waals surface area contributed by atoms with Gasteiger partial charge in [-0.05, 0) is 0 Å². The van der Waals surface area contributed by atoms with Crippen molar-refractivity contribution in [1.29, 1.82) is 0 Å². The Balaban J connectivity index is 0.000001000. The number of hydrogen-bond acceptors (Lipinski definition) is 3. The Morgan fingerprint density at radius 3 is 2.00 bits per heavy atom. The van der Waals surface area contributed by atoms with Gasteiger partial charge in [0.2, 0.25) is 0 Å². The maximum absolute atomic E-state index is 10.3. The number of hydrogen-bond donors (Lipinski definition) is 0. The van der Waals surface area contributed by atoms with Crippen LogP contribution in [-0.4, -0.2) is 13.0 Å². The second-order valence-electron chi connectivity index (χ2n) is 1.69. The molecule has 0 saturated carbocycles. The molecule has 0 aliphatic heterocycles. The zero-order valence-electron chi connectivity index (χ0n) is 5.24. The van der Waals surface area contributed by atoms with E-state index in [0.717, 1.165) is 0 Å². The van der Waals surface area contributed by atoms with Crippen LogP contribution in [0.25, 0.3) is 0 Å². The molecular formula is C6H4AgO3S-. The summed E-state index contributed by atoms with van der Waals surface area (Å²) in [5.74, 6) is 0. The smallest absolute Gasteiger partial charge is 0.746 e. The van der Waals surface area contributed by atoms with Gasteiger partial charge in [-0.2, -0.15) is 30.3 Å². The van der Waals surface area contributed by atoms with Gasteiger partial charge in [0.05, 0.1) is 0 Å². The molecule has 1 aromatic carbocycles. The summed E-state index contributed by atoms with van der Waals surface area (Å²) >= 11 is 0. The Morgan fingerprint density at radius 2 is 1.73 bits per heavy atom. The minimum atomic E-state index is -4.27. The summed E-state index contributed by atoms with van der Waals surface area (Å²) < 4.78 is 30.8. The molecule has 0 amide bonds. The van der Waals surface area contributed by atoms with Crippen molar-refractivity contribution in [2.24, 2.45) is 0 Å². The van der Waals surface area contributed by atoms with Gasteiger partial charge in [-0.1, -0.05) is 4.90 Å². The van der Waals surface area contributed by atoms with E-state index in [1.54, 1.807) is 0 Å². The minimum Gasteiger partial charge on any atom is -0.746 e. The third-order valence-electron chi connectivity index (χ3n) is 0.976. The first-order valence-corrected chi connectivity index (χ1v) is 3.93. The quantitative estimate of drug-likeness (QED) is 0.419. The number of rotatable bonds is 1. The molecule has 0 fully saturated rings. The SMILES string of the molecule is O=S(=O)([O-])c1cc[c-]cc1.[Ag+]. The molecule has 0 heterocycles. The van der Waals surface area contributed by atoms with E-state index in [1.165, 1.54) is 24.3 Å². The summed E-state index contributed by atoms with van der Waals surface area (Å²) in [6.45, 7) is 0. The Hall–Kier alpha value is -0.130. The van der Waals surface area contributed by atoms with E-state index < -0.39 is 10.1 Å². The first-order valence-electron chi connectivity index (χ1n) is 2.53. The van der Waals surface area contributed by atoms with E-state index in [0.29, 0.717) is 0 Å². The molecule has 0 unspecified atom stereocenters. The summed E-state index contributed by atoms with van der Waals surface area (Å²) in [5.41, 5.74) is 0. The van der Waals surface area contributed by atoms with Crippen LogP contribution in [0.5, 0.6) is 0 Å². The third kappa shape index (κ3) is 3.18. The summed E-state index contributed by atoms with van der Waals surface area (Å²) in [4.78, 5) is -0.216. The van der Waals surface area contributed by atoms with E-state index in [1.807, 2.05) is 0 Å². The van der Waals surface area contributed by atoms with Crippen LogP contribution in [0.4, 0.5) is 0 Å². The van der Waals surface area contributed by atoms with Crippen LogP contribution in [-0.2, 0) is 32.5 Å². The van der Waals surface area contributed by atoms with Gasteiger partial charge in [-0.15, -0.1) is 0 Å². The standard InChI is InChI=1S/C6H5O3S.Ag/c7-10(8,9)6-4-2-1-3-5-6;/h2-5H,(H,7,8,9);/q-1;+1/p-1. The van der Waals surface area contributed by atoms with Gasteiger partial charge in [0, 0.05) is 0 Å². The molecule has 0 radical (unpaired) electrons. The fraction of sp³-hybridized carbons (Fsp3) is 0. The molecule has 11 heavy (non-hydrogen) atoms. The van der Waals surface area contributed by atoms with Crippen LogP contribution in [0.1, 0.15) is 0 Å². The predicted molar refractivity (Wildman–Crippen MR) is 33.2 cm³/mol. The Bertz CT molecular complexity index is 306. The fourth-order valence-corrected chi connectivity index (χ4v) is 1.01. The Labute approximate surface area is 80.7 Å². The maximum Gasteiger partial charge on any atom is 1.00 e. The number of benzene rings is 1. The minimum absolute atomic E-state index is 0. The molecule has 0 saturated heterocycles. The predicted octanol–water partition coefficient (Wildman–Crippen LogP) is 0.388. The Morgan fingerprint density at radius 1 is 1.27 bits per heavy atom. The van der Waals surface area contributed by atoms with Crippen molar-refractivity contribution in [2.45, 2.75) is 4.90 Å². The van der Waals surface area contributed by atoms with Gasteiger partial charge < -0.3 is 4.55 Å². The molecule has 0 aliphatic rings. The summed E-state index contributed by atoms with van der Waals surface area (Å²) in [6, 6.07) is 7.78. The van der Waals surface area contributed by atoms with Crippen LogP contribution >= 0.6 is 0 Å². The van der Waals surface area contributed by atoms with Gasteiger partial charge in [0.1, 0.15) is 10.1 Å². The molecule has 0 aliphatic carbocycles. The van der Waals surface area contributed by atoms with E-state index in [-0.39, 0.29) is 27.3 Å². The zero-order chi connectivity index (χ0) is 7.61. The average Bonchev–Trinajstić information content (AvgIpc) is 1.88. The van der Waals surface area contributed by atoms with Crippen LogP contribution in [0.2, 0.25) is 0 Å². The fourth-order valence-electron chi connectivity index (χ4n) is 0.538. The van der Waals surface area contributed by atoms with Crippen LogP contribution in [0, 0.1) is 6.07 Å². The summed E-state index contributed by atoms with van der Waals surface area (Å²) in [5, 5.41) is 0.